The number of hydrogen-bond donors (Lipinski definition) is 2. The van der Waals surface area contributed by atoms with Crippen molar-refractivity contribution in [2.45, 2.75) is 52.0 Å². The van der Waals surface area contributed by atoms with E-state index < -0.39 is 0 Å². The topological polar surface area (TPSA) is 55.1 Å². The molecule has 0 heterocycles. The Morgan fingerprint density at radius 3 is 2.85 bits per heavy atom. The highest BCUT2D eigenvalue weighted by Gasteiger charge is 2.04. The lowest BCUT2D eigenvalue weighted by atomic mass is 10.1. The number of amides is 1. The number of rotatable bonds is 8. The van der Waals surface area contributed by atoms with Gasteiger partial charge in [0, 0.05) is 17.8 Å². The monoisotopic (exact) mass is 274 g/mol. The van der Waals surface area contributed by atoms with E-state index in [0.29, 0.717) is 5.69 Å². The van der Waals surface area contributed by atoms with Crippen molar-refractivity contribution in [3.05, 3.63) is 35.9 Å². The summed E-state index contributed by atoms with van der Waals surface area (Å²) in [5, 5.41) is 2.98. The first-order chi connectivity index (χ1) is 9.61. The third-order valence-corrected chi connectivity index (χ3v) is 3.22. The molecular formula is C17H26N2O. The van der Waals surface area contributed by atoms with E-state index in [0.717, 1.165) is 12.0 Å². The summed E-state index contributed by atoms with van der Waals surface area (Å²) in [5.74, 6) is -0.0459. The van der Waals surface area contributed by atoms with Gasteiger partial charge < -0.3 is 11.1 Å². The summed E-state index contributed by atoms with van der Waals surface area (Å²) >= 11 is 0. The van der Waals surface area contributed by atoms with E-state index in [4.69, 9.17) is 5.73 Å². The van der Waals surface area contributed by atoms with Gasteiger partial charge in [-0.3, -0.25) is 4.79 Å². The van der Waals surface area contributed by atoms with Crippen molar-refractivity contribution in [3.8, 4) is 0 Å². The van der Waals surface area contributed by atoms with Crippen LogP contribution < -0.4 is 11.1 Å². The number of anilines is 1. The molecule has 0 radical (unpaired) electrons. The van der Waals surface area contributed by atoms with Crippen molar-refractivity contribution in [1.82, 2.24) is 5.32 Å². The summed E-state index contributed by atoms with van der Waals surface area (Å²) in [6.45, 7) is 4.25. The molecule has 1 amide bonds. The van der Waals surface area contributed by atoms with Crippen LogP contribution in [0.3, 0.4) is 0 Å². The minimum atomic E-state index is -0.0459. The van der Waals surface area contributed by atoms with E-state index in [1.54, 1.807) is 12.2 Å². The molecule has 0 aliphatic rings. The maximum absolute atomic E-state index is 11.8. The van der Waals surface area contributed by atoms with Gasteiger partial charge in [-0.1, -0.05) is 44.7 Å². The Morgan fingerprint density at radius 2 is 2.15 bits per heavy atom. The molecule has 0 bridgehead atoms. The number of nitrogen functional groups attached to an aromatic ring is 1. The molecule has 0 saturated carbocycles. The predicted molar refractivity (Wildman–Crippen MR) is 86.3 cm³/mol. The number of hydrogen-bond acceptors (Lipinski definition) is 2. The summed E-state index contributed by atoms with van der Waals surface area (Å²) in [7, 11) is 0. The highest BCUT2D eigenvalue weighted by atomic mass is 16.1. The van der Waals surface area contributed by atoms with Crippen LogP contribution in [0.1, 0.15) is 51.5 Å². The fraction of sp³-hybridized carbons (Fsp3) is 0.471. The van der Waals surface area contributed by atoms with Crippen molar-refractivity contribution in [3.63, 3.8) is 0 Å². The van der Waals surface area contributed by atoms with Crippen LogP contribution in [-0.4, -0.2) is 11.9 Å². The fourth-order valence-corrected chi connectivity index (χ4v) is 2.08. The van der Waals surface area contributed by atoms with E-state index in [1.165, 1.54) is 25.7 Å². The van der Waals surface area contributed by atoms with Gasteiger partial charge in [0.15, 0.2) is 0 Å². The average Bonchev–Trinajstić information content (AvgIpc) is 2.41. The zero-order valence-electron chi connectivity index (χ0n) is 12.6. The molecule has 0 spiro atoms. The van der Waals surface area contributed by atoms with Gasteiger partial charge in [0.05, 0.1) is 0 Å². The Bertz CT molecular complexity index is 440. The molecular weight excluding hydrogens is 248 g/mol. The quantitative estimate of drug-likeness (QED) is 0.431. The Morgan fingerprint density at radius 1 is 1.35 bits per heavy atom. The van der Waals surface area contributed by atoms with Crippen molar-refractivity contribution in [2.75, 3.05) is 5.73 Å². The summed E-state index contributed by atoms with van der Waals surface area (Å²) in [6, 6.07) is 7.70. The third kappa shape index (κ3) is 6.98. The van der Waals surface area contributed by atoms with Gasteiger partial charge in [0.2, 0.25) is 5.91 Å². The van der Waals surface area contributed by atoms with Crippen molar-refractivity contribution < 1.29 is 4.79 Å². The Kier molecular flexibility index (Phi) is 7.48. The standard InChI is InChI=1S/C17H26N2O/c1-3-4-5-6-8-14(2)19-17(20)12-11-15-9-7-10-16(18)13-15/h7,9-14H,3-6,8,18H2,1-2H3,(H,19,20)/b12-11+. The average molecular weight is 274 g/mol. The van der Waals surface area contributed by atoms with Gasteiger partial charge in [-0.15, -0.1) is 0 Å². The maximum Gasteiger partial charge on any atom is 0.244 e. The Balaban J connectivity index is 2.32. The highest BCUT2D eigenvalue weighted by molar-refractivity contribution is 5.91. The van der Waals surface area contributed by atoms with Gasteiger partial charge in [-0.2, -0.15) is 0 Å². The summed E-state index contributed by atoms with van der Waals surface area (Å²) < 4.78 is 0. The lowest BCUT2D eigenvalue weighted by Crippen LogP contribution is -2.30. The van der Waals surface area contributed by atoms with Crippen molar-refractivity contribution in [2.24, 2.45) is 0 Å². The molecule has 1 rings (SSSR count). The van der Waals surface area contributed by atoms with Crippen LogP contribution in [0.25, 0.3) is 6.08 Å². The van der Waals surface area contributed by atoms with Crippen LogP contribution in [-0.2, 0) is 4.79 Å². The van der Waals surface area contributed by atoms with E-state index in [9.17, 15) is 4.79 Å². The fourth-order valence-electron chi connectivity index (χ4n) is 2.08. The first kappa shape index (κ1) is 16.3. The second-order valence-corrected chi connectivity index (χ2v) is 5.26. The third-order valence-electron chi connectivity index (χ3n) is 3.22. The van der Waals surface area contributed by atoms with Crippen LogP contribution in [0.5, 0.6) is 0 Å². The second kappa shape index (κ2) is 9.18. The SMILES string of the molecule is CCCCCCC(C)NC(=O)/C=C/c1cccc(N)c1. The van der Waals surface area contributed by atoms with E-state index in [1.807, 2.05) is 24.3 Å². The number of nitrogens with two attached hydrogens (primary N) is 1. The molecule has 1 aromatic carbocycles. The van der Waals surface area contributed by atoms with E-state index >= 15 is 0 Å². The summed E-state index contributed by atoms with van der Waals surface area (Å²) in [5.41, 5.74) is 7.34. The molecule has 3 nitrogen and oxygen atoms in total. The van der Waals surface area contributed by atoms with Gasteiger partial charge in [-0.25, -0.2) is 0 Å². The van der Waals surface area contributed by atoms with Gasteiger partial charge in [0.25, 0.3) is 0 Å². The largest absolute Gasteiger partial charge is 0.399 e. The molecule has 0 aliphatic heterocycles. The smallest absolute Gasteiger partial charge is 0.244 e. The molecule has 3 N–H and O–H groups in total. The summed E-state index contributed by atoms with van der Waals surface area (Å²) in [4.78, 5) is 11.8. The number of carbonyl (C=O) groups is 1. The van der Waals surface area contributed by atoms with Crippen LogP contribution in [0.4, 0.5) is 5.69 Å². The van der Waals surface area contributed by atoms with Crippen LogP contribution >= 0.6 is 0 Å². The van der Waals surface area contributed by atoms with Gasteiger partial charge in [-0.05, 0) is 37.1 Å². The number of benzene rings is 1. The molecule has 0 fully saturated rings. The molecule has 110 valence electrons. The Hall–Kier alpha value is -1.77. The number of carbonyl (C=O) groups excluding carboxylic acids is 1. The molecule has 0 aromatic heterocycles. The molecule has 1 unspecified atom stereocenters. The zero-order valence-corrected chi connectivity index (χ0v) is 12.6. The molecule has 20 heavy (non-hydrogen) atoms. The predicted octanol–water partition coefficient (Wildman–Crippen LogP) is 3.76. The second-order valence-electron chi connectivity index (χ2n) is 5.26. The lowest BCUT2D eigenvalue weighted by molar-refractivity contribution is -0.117. The number of nitrogens with one attached hydrogen (secondary N) is 1. The Labute approximate surface area is 122 Å². The normalized spacial score (nSPS) is 12.5. The molecule has 0 aliphatic carbocycles. The first-order valence-corrected chi connectivity index (χ1v) is 7.46. The number of unbranched alkanes of at least 4 members (excludes halogenated alkanes) is 3. The maximum atomic E-state index is 11.8. The van der Waals surface area contributed by atoms with E-state index in [2.05, 4.69) is 19.2 Å². The van der Waals surface area contributed by atoms with Gasteiger partial charge in [0.1, 0.15) is 0 Å². The van der Waals surface area contributed by atoms with Crippen LogP contribution in [0.15, 0.2) is 30.3 Å². The minimum absolute atomic E-state index is 0.0459. The van der Waals surface area contributed by atoms with Gasteiger partial charge >= 0.3 is 0 Å². The molecule has 0 saturated heterocycles. The molecule has 1 aromatic rings. The van der Waals surface area contributed by atoms with Crippen molar-refractivity contribution in [1.29, 1.82) is 0 Å². The first-order valence-electron chi connectivity index (χ1n) is 7.46. The lowest BCUT2D eigenvalue weighted by Gasteiger charge is -2.11. The zero-order chi connectivity index (χ0) is 14.8. The van der Waals surface area contributed by atoms with Crippen LogP contribution in [0.2, 0.25) is 0 Å². The molecule has 3 heteroatoms. The molecule has 1 atom stereocenters. The van der Waals surface area contributed by atoms with E-state index in [-0.39, 0.29) is 11.9 Å². The minimum Gasteiger partial charge on any atom is -0.399 e. The summed E-state index contributed by atoms with van der Waals surface area (Å²) in [6.07, 6.45) is 9.33. The highest BCUT2D eigenvalue weighted by Crippen LogP contribution is 2.08. The van der Waals surface area contributed by atoms with Crippen LogP contribution in [0, 0.1) is 0 Å². The van der Waals surface area contributed by atoms with Crippen molar-refractivity contribution >= 4 is 17.7 Å².